The molecule has 2 unspecified atom stereocenters. The number of hydrogen-bond donors (Lipinski definition) is 9. The quantitative estimate of drug-likeness (QED) is 0.225. The van der Waals surface area contributed by atoms with Crippen LogP contribution in [0.1, 0.15) is 6.92 Å². The number of aliphatic hydroxyl groups is 9. The fourth-order valence-corrected chi connectivity index (χ4v) is 3.69. The Hall–Kier alpha value is -0.440. The van der Waals surface area contributed by atoms with Gasteiger partial charge in [-0.3, -0.25) is 0 Å². The van der Waals surface area contributed by atoms with E-state index in [0.717, 1.165) is 0 Å². The maximum Gasteiger partial charge on any atom is 0.187 e. The van der Waals surface area contributed by atoms with E-state index in [2.05, 4.69) is 0 Å². The molecular formula is C14H24O11. The van der Waals surface area contributed by atoms with Crippen LogP contribution in [0.4, 0.5) is 0 Å². The SMILES string of the molecule is C[C@@]12O[C@@H](O[C@H]3[C@H](O)[C@H](O)[C@H](O)[C@@H](O)[C@H]3O)[C@@H](O)[C@@H](O)[C@H](O)C1C2O. The van der Waals surface area contributed by atoms with E-state index in [1.165, 1.54) is 6.92 Å². The van der Waals surface area contributed by atoms with E-state index in [1.54, 1.807) is 0 Å². The highest BCUT2D eigenvalue weighted by atomic mass is 16.7. The first-order valence-corrected chi connectivity index (χ1v) is 7.98. The molecule has 2 aliphatic carbocycles. The van der Waals surface area contributed by atoms with Crippen LogP contribution in [0, 0.1) is 5.92 Å². The average molecular weight is 368 g/mol. The van der Waals surface area contributed by atoms with Gasteiger partial charge in [-0.05, 0) is 6.92 Å². The number of aliphatic hydroxyl groups excluding tert-OH is 9. The number of rotatable bonds is 2. The van der Waals surface area contributed by atoms with Gasteiger partial charge in [-0.2, -0.15) is 0 Å². The van der Waals surface area contributed by atoms with E-state index in [1.807, 2.05) is 0 Å². The van der Waals surface area contributed by atoms with E-state index in [4.69, 9.17) is 9.47 Å². The number of fused-ring (bicyclic) bond motifs is 1. The Balaban J connectivity index is 1.81. The van der Waals surface area contributed by atoms with Crippen LogP contribution in [0.25, 0.3) is 0 Å². The summed E-state index contributed by atoms with van der Waals surface area (Å²) in [4.78, 5) is 0. The maximum atomic E-state index is 10.1. The zero-order valence-corrected chi connectivity index (χ0v) is 13.3. The van der Waals surface area contributed by atoms with Crippen molar-refractivity contribution in [2.45, 2.75) is 79.9 Å². The fraction of sp³-hybridized carbons (Fsp3) is 1.00. The molecule has 0 amide bonds. The highest BCUT2D eigenvalue weighted by molar-refractivity contribution is 5.18. The second-order valence-corrected chi connectivity index (χ2v) is 7.17. The summed E-state index contributed by atoms with van der Waals surface area (Å²) in [6.07, 6.45) is -18.7. The van der Waals surface area contributed by atoms with Gasteiger partial charge in [0, 0.05) is 5.92 Å². The van der Waals surface area contributed by atoms with Crippen molar-refractivity contribution in [1.82, 2.24) is 0 Å². The highest BCUT2D eigenvalue weighted by Gasteiger charge is 2.70. The summed E-state index contributed by atoms with van der Waals surface area (Å²) in [7, 11) is 0. The monoisotopic (exact) mass is 368 g/mol. The molecule has 2 saturated carbocycles. The molecule has 0 radical (unpaired) electrons. The van der Waals surface area contributed by atoms with Gasteiger partial charge < -0.3 is 55.4 Å². The molecule has 0 spiro atoms. The summed E-state index contributed by atoms with van der Waals surface area (Å²) in [6, 6.07) is 0. The van der Waals surface area contributed by atoms with Crippen LogP contribution in [0.2, 0.25) is 0 Å². The normalized spacial score (nSPS) is 62.2. The second-order valence-electron chi connectivity index (χ2n) is 7.17. The topological polar surface area (TPSA) is 201 Å². The van der Waals surface area contributed by atoms with E-state index in [9.17, 15) is 46.0 Å². The summed E-state index contributed by atoms with van der Waals surface area (Å²) in [5.41, 5.74) is -1.33. The van der Waals surface area contributed by atoms with Gasteiger partial charge in [0.25, 0.3) is 0 Å². The van der Waals surface area contributed by atoms with Gasteiger partial charge in [0.05, 0.1) is 12.2 Å². The molecule has 11 nitrogen and oxygen atoms in total. The summed E-state index contributed by atoms with van der Waals surface area (Å²) < 4.78 is 10.7. The van der Waals surface area contributed by atoms with Crippen LogP contribution >= 0.6 is 0 Å². The first kappa shape index (κ1) is 19.3. The fourth-order valence-electron chi connectivity index (χ4n) is 3.69. The minimum Gasteiger partial charge on any atom is -0.390 e. The van der Waals surface area contributed by atoms with E-state index >= 15 is 0 Å². The lowest BCUT2D eigenvalue weighted by Gasteiger charge is -2.43. The summed E-state index contributed by atoms with van der Waals surface area (Å²) >= 11 is 0. The van der Waals surface area contributed by atoms with Crippen molar-refractivity contribution in [3.63, 3.8) is 0 Å². The van der Waals surface area contributed by atoms with Gasteiger partial charge in [-0.1, -0.05) is 0 Å². The average Bonchev–Trinajstić information content (AvgIpc) is 3.13. The van der Waals surface area contributed by atoms with Gasteiger partial charge in [-0.15, -0.1) is 0 Å². The van der Waals surface area contributed by atoms with Crippen molar-refractivity contribution in [2.75, 3.05) is 0 Å². The molecule has 0 bridgehead atoms. The predicted molar refractivity (Wildman–Crippen MR) is 75.7 cm³/mol. The zero-order valence-electron chi connectivity index (χ0n) is 13.3. The molecule has 146 valence electrons. The van der Waals surface area contributed by atoms with Crippen molar-refractivity contribution >= 4 is 0 Å². The predicted octanol–water partition coefficient (Wildman–Crippen LogP) is -5.62. The van der Waals surface area contributed by atoms with Gasteiger partial charge in [0.15, 0.2) is 6.29 Å². The Morgan fingerprint density at radius 1 is 0.640 bits per heavy atom. The van der Waals surface area contributed by atoms with E-state index < -0.39 is 78.8 Å². The van der Waals surface area contributed by atoms with Crippen molar-refractivity contribution in [3.05, 3.63) is 0 Å². The van der Waals surface area contributed by atoms with Crippen molar-refractivity contribution in [1.29, 1.82) is 0 Å². The Morgan fingerprint density at radius 3 is 1.60 bits per heavy atom. The molecule has 3 aliphatic rings. The van der Waals surface area contributed by atoms with Crippen LogP contribution < -0.4 is 0 Å². The highest BCUT2D eigenvalue weighted by Crippen LogP contribution is 2.53. The molecule has 3 rings (SSSR count). The molecule has 11 heteroatoms. The maximum absolute atomic E-state index is 10.1. The van der Waals surface area contributed by atoms with Crippen LogP contribution in [-0.2, 0) is 9.47 Å². The van der Waals surface area contributed by atoms with Gasteiger partial charge >= 0.3 is 0 Å². The minimum atomic E-state index is -1.84. The van der Waals surface area contributed by atoms with Crippen LogP contribution in [0.15, 0.2) is 0 Å². The molecule has 1 saturated heterocycles. The summed E-state index contributed by atoms with van der Waals surface area (Å²) in [6.45, 7) is 1.42. The van der Waals surface area contributed by atoms with Gasteiger partial charge in [0.1, 0.15) is 54.4 Å². The largest absolute Gasteiger partial charge is 0.390 e. The lowest BCUT2D eigenvalue weighted by molar-refractivity contribution is -0.307. The van der Waals surface area contributed by atoms with Gasteiger partial charge in [0.2, 0.25) is 0 Å². The van der Waals surface area contributed by atoms with Crippen molar-refractivity contribution in [2.24, 2.45) is 5.92 Å². The molecule has 0 aromatic rings. The Morgan fingerprint density at radius 2 is 1.08 bits per heavy atom. The van der Waals surface area contributed by atoms with Crippen molar-refractivity contribution in [3.8, 4) is 0 Å². The molecule has 25 heavy (non-hydrogen) atoms. The van der Waals surface area contributed by atoms with E-state index in [0.29, 0.717) is 0 Å². The summed E-state index contributed by atoms with van der Waals surface area (Å²) in [5, 5.41) is 89.0. The Bertz CT molecular complexity index is 489. The number of ether oxygens (including phenoxy) is 2. The molecule has 11 atom stereocenters. The van der Waals surface area contributed by atoms with Gasteiger partial charge in [-0.25, -0.2) is 0 Å². The molecular weight excluding hydrogens is 344 g/mol. The third kappa shape index (κ3) is 2.80. The minimum absolute atomic E-state index is 0.870. The molecule has 0 aromatic heterocycles. The standard InChI is InChI=1S/C14H24O11/c1-14-2(12(14)23)3(15)4(16)10(22)13(25-14)24-11-8(20)6(18)5(17)7(19)9(11)21/h2-13,15-23H,1H3/t2?,3-,4+,5-,6-,7-,8-,9-,10+,11-,12?,13-,14-/m1/s1. The first-order valence-electron chi connectivity index (χ1n) is 7.98. The molecule has 0 aromatic carbocycles. The second kappa shape index (κ2) is 6.32. The molecule has 3 fully saturated rings. The lowest BCUT2D eigenvalue weighted by atomic mass is 9.85. The van der Waals surface area contributed by atoms with E-state index in [-0.39, 0.29) is 0 Å². The van der Waals surface area contributed by atoms with Crippen LogP contribution in [0.5, 0.6) is 0 Å². The lowest BCUT2D eigenvalue weighted by Crippen LogP contribution is -2.65. The smallest absolute Gasteiger partial charge is 0.187 e. The summed E-state index contributed by atoms with van der Waals surface area (Å²) in [5.74, 6) is -0.870. The third-order valence-electron chi connectivity index (χ3n) is 5.56. The third-order valence-corrected chi connectivity index (χ3v) is 5.56. The first-order chi connectivity index (χ1) is 11.5. The molecule has 1 heterocycles. The van der Waals surface area contributed by atoms with Crippen LogP contribution in [0.3, 0.4) is 0 Å². The molecule has 9 N–H and O–H groups in total. The number of hydrogen-bond acceptors (Lipinski definition) is 11. The van der Waals surface area contributed by atoms with Crippen molar-refractivity contribution < 1.29 is 55.4 Å². The van der Waals surface area contributed by atoms with Crippen LogP contribution in [-0.4, -0.2) is 119 Å². The Labute approximate surface area is 142 Å². The Kier molecular flexibility index (Phi) is 4.88. The molecule has 1 aliphatic heterocycles. The zero-order chi connectivity index (χ0) is 18.8.